The molecule has 0 radical (unpaired) electrons. The third-order valence-corrected chi connectivity index (χ3v) is 6.16. The molecule has 0 aliphatic carbocycles. The average Bonchev–Trinajstić information content (AvgIpc) is 3.01. The molecule has 0 bridgehead atoms. The Labute approximate surface area is 180 Å². The number of aryl methyl sites for hydroxylation is 1. The maximum absolute atomic E-state index is 4.39. The van der Waals surface area contributed by atoms with Gasteiger partial charge in [-0.15, -0.1) is 10.2 Å². The van der Waals surface area contributed by atoms with Gasteiger partial charge in [-0.3, -0.25) is 9.89 Å². The highest BCUT2D eigenvalue weighted by Crippen LogP contribution is 2.15. The van der Waals surface area contributed by atoms with E-state index in [4.69, 9.17) is 0 Å². The van der Waals surface area contributed by atoms with E-state index in [0.29, 0.717) is 6.54 Å². The highest BCUT2D eigenvalue weighted by molar-refractivity contribution is 5.79. The van der Waals surface area contributed by atoms with Gasteiger partial charge in [0.25, 0.3) is 0 Å². The van der Waals surface area contributed by atoms with Gasteiger partial charge in [-0.05, 0) is 49.9 Å². The fraction of sp³-hybridized carbons (Fsp3) is 0.609. The number of nitrogens with zero attached hydrogens (tertiary/aromatic N) is 5. The Bertz CT molecular complexity index is 819. The Morgan fingerprint density at radius 2 is 1.57 bits per heavy atom. The van der Waals surface area contributed by atoms with Gasteiger partial charge in [0.2, 0.25) is 0 Å². The Hall–Kier alpha value is -2.41. The van der Waals surface area contributed by atoms with Crippen LogP contribution in [-0.4, -0.2) is 45.8 Å². The molecule has 0 saturated carbocycles. The molecule has 0 amide bonds. The van der Waals surface area contributed by atoms with E-state index in [-0.39, 0.29) is 0 Å². The first-order valence-electron chi connectivity index (χ1n) is 11.5. The van der Waals surface area contributed by atoms with Gasteiger partial charge in [0.15, 0.2) is 11.8 Å². The van der Waals surface area contributed by atoms with Gasteiger partial charge < -0.3 is 15.2 Å². The molecule has 7 nitrogen and oxygen atoms in total. The van der Waals surface area contributed by atoms with Gasteiger partial charge >= 0.3 is 0 Å². The molecule has 30 heavy (non-hydrogen) atoms. The largest absolute Gasteiger partial charge is 0.352 e. The van der Waals surface area contributed by atoms with Crippen LogP contribution in [-0.2, 0) is 32.6 Å². The predicted octanol–water partition coefficient (Wildman–Crippen LogP) is 2.86. The summed E-state index contributed by atoms with van der Waals surface area (Å²) in [5.41, 5.74) is 2.66. The zero-order chi connectivity index (χ0) is 20.6. The highest BCUT2D eigenvalue weighted by Gasteiger charge is 2.15. The molecule has 2 aliphatic rings. The SMILES string of the molecule is CN=C(NCc1ccc(CN2CCCCC2)cc1)NCc1nnc2n1CCCCC2. The molecule has 1 aromatic heterocycles. The van der Waals surface area contributed by atoms with Crippen molar-refractivity contribution in [2.75, 3.05) is 20.1 Å². The van der Waals surface area contributed by atoms with Crippen LogP contribution in [0.3, 0.4) is 0 Å². The molecule has 1 fully saturated rings. The first kappa shape index (κ1) is 20.8. The number of aliphatic imine (C=N–C) groups is 1. The van der Waals surface area contributed by atoms with Crippen LogP contribution in [0.5, 0.6) is 0 Å². The average molecular weight is 410 g/mol. The minimum Gasteiger partial charge on any atom is -0.352 e. The van der Waals surface area contributed by atoms with Gasteiger partial charge in [-0.25, -0.2) is 0 Å². The summed E-state index contributed by atoms with van der Waals surface area (Å²) < 4.78 is 2.27. The maximum atomic E-state index is 4.39. The first-order valence-corrected chi connectivity index (χ1v) is 11.5. The molecule has 0 unspecified atom stereocenters. The Morgan fingerprint density at radius 3 is 2.37 bits per heavy atom. The zero-order valence-electron chi connectivity index (χ0n) is 18.2. The summed E-state index contributed by atoms with van der Waals surface area (Å²) in [5, 5.41) is 15.6. The third-order valence-electron chi connectivity index (χ3n) is 6.16. The Balaban J connectivity index is 1.25. The molecule has 4 rings (SSSR count). The van der Waals surface area contributed by atoms with E-state index in [9.17, 15) is 0 Å². The topological polar surface area (TPSA) is 70.4 Å². The van der Waals surface area contributed by atoms with Gasteiger partial charge in [0, 0.05) is 33.1 Å². The molecule has 1 saturated heterocycles. The highest BCUT2D eigenvalue weighted by atomic mass is 15.3. The standard InChI is InChI=1S/C23H35N7/c1-24-23(26-17-22-28-27-21-8-4-2-7-15-30(21)22)25-16-19-9-11-20(12-10-19)18-29-13-5-3-6-14-29/h9-12H,2-8,13-18H2,1H3,(H2,24,25,26). The van der Waals surface area contributed by atoms with Crippen LogP contribution in [0.25, 0.3) is 0 Å². The Kier molecular flexibility index (Phi) is 7.34. The van der Waals surface area contributed by atoms with Crippen LogP contribution in [0, 0.1) is 0 Å². The van der Waals surface area contributed by atoms with E-state index >= 15 is 0 Å². The minimum absolute atomic E-state index is 0.640. The number of hydrogen-bond donors (Lipinski definition) is 2. The maximum Gasteiger partial charge on any atom is 0.191 e. The van der Waals surface area contributed by atoms with Crippen molar-refractivity contribution < 1.29 is 0 Å². The quantitative estimate of drug-likeness (QED) is 0.567. The number of likely N-dealkylation sites (tertiary alicyclic amines) is 1. The molecule has 0 spiro atoms. The van der Waals surface area contributed by atoms with Crippen LogP contribution in [0.2, 0.25) is 0 Å². The monoisotopic (exact) mass is 409 g/mol. The number of benzene rings is 1. The number of rotatable bonds is 6. The normalized spacial score (nSPS) is 18.0. The van der Waals surface area contributed by atoms with Gasteiger partial charge in [0.1, 0.15) is 5.82 Å². The summed E-state index contributed by atoms with van der Waals surface area (Å²) in [4.78, 5) is 6.92. The second-order valence-electron chi connectivity index (χ2n) is 8.43. The number of fused-ring (bicyclic) bond motifs is 1. The molecule has 2 N–H and O–H groups in total. The first-order chi connectivity index (χ1) is 14.8. The van der Waals surface area contributed by atoms with E-state index in [1.807, 2.05) is 0 Å². The number of hydrogen-bond acceptors (Lipinski definition) is 4. The fourth-order valence-electron chi connectivity index (χ4n) is 4.38. The molecular weight excluding hydrogens is 374 g/mol. The van der Waals surface area contributed by atoms with Crippen molar-refractivity contribution in [1.82, 2.24) is 30.3 Å². The summed E-state index contributed by atoms with van der Waals surface area (Å²) in [6, 6.07) is 8.95. The van der Waals surface area contributed by atoms with E-state index in [1.165, 1.54) is 62.7 Å². The number of guanidine groups is 1. The summed E-state index contributed by atoms with van der Waals surface area (Å²) in [6.45, 7) is 5.96. The molecule has 0 atom stereocenters. The van der Waals surface area contributed by atoms with E-state index in [0.717, 1.165) is 43.7 Å². The van der Waals surface area contributed by atoms with E-state index < -0.39 is 0 Å². The summed E-state index contributed by atoms with van der Waals surface area (Å²) in [6.07, 6.45) is 8.79. The lowest BCUT2D eigenvalue weighted by molar-refractivity contribution is 0.221. The summed E-state index contributed by atoms with van der Waals surface area (Å²) in [7, 11) is 1.81. The zero-order valence-corrected chi connectivity index (χ0v) is 18.2. The van der Waals surface area contributed by atoms with Crippen molar-refractivity contribution in [3.8, 4) is 0 Å². The minimum atomic E-state index is 0.640. The number of piperidine rings is 1. The van der Waals surface area contributed by atoms with Crippen molar-refractivity contribution in [1.29, 1.82) is 0 Å². The van der Waals surface area contributed by atoms with E-state index in [2.05, 4.69) is 59.6 Å². The smallest absolute Gasteiger partial charge is 0.191 e. The third kappa shape index (κ3) is 5.59. The second-order valence-corrected chi connectivity index (χ2v) is 8.43. The van der Waals surface area contributed by atoms with Gasteiger partial charge in [-0.1, -0.05) is 37.1 Å². The molecule has 1 aromatic carbocycles. The van der Waals surface area contributed by atoms with Crippen molar-refractivity contribution in [3.63, 3.8) is 0 Å². The molecular formula is C23H35N7. The van der Waals surface area contributed by atoms with Crippen molar-refractivity contribution in [2.45, 2.75) is 71.1 Å². The lowest BCUT2D eigenvalue weighted by Crippen LogP contribution is -2.37. The van der Waals surface area contributed by atoms with Crippen LogP contribution in [0.1, 0.15) is 61.3 Å². The number of nitrogens with one attached hydrogen (secondary N) is 2. The van der Waals surface area contributed by atoms with Crippen LogP contribution in [0.15, 0.2) is 29.3 Å². The predicted molar refractivity (Wildman–Crippen MR) is 120 cm³/mol. The molecule has 3 heterocycles. The van der Waals surface area contributed by atoms with Gasteiger partial charge in [-0.2, -0.15) is 0 Å². The van der Waals surface area contributed by atoms with Crippen molar-refractivity contribution >= 4 is 5.96 Å². The van der Waals surface area contributed by atoms with Crippen LogP contribution >= 0.6 is 0 Å². The van der Waals surface area contributed by atoms with Crippen molar-refractivity contribution in [2.24, 2.45) is 4.99 Å². The van der Waals surface area contributed by atoms with Crippen molar-refractivity contribution in [3.05, 3.63) is 47.0 Å². The summed E-state index contributed by atoms with van der Waals surface area (Å²) in [5.74, 6) is 2.91. The second kappa shape index (κ2) is 10.6. The lowest BCUT2D eigenvalue weighted by Gasteiger charge is -2.26. The van der Waals surface area contributed by atoms with Crippen LogP contribution in [0.4, 0.5) is 0 Å². The molecule has 2 aromatic rings. The van der Waals surface area contributed by atoms with Crippen LogP contribution < -0.4 is 10.6 Å². The van der Waals surface area contributed by atoms with E-state index in [1.54, 1.807) is 7.05 Å². The fourth-order valence-corrected chi connectivity index (χ4v) is 4.38. The Morgan fingerprint density at radius 1 is 0.867 bits per heavy atom. The summed E-state index contributed by atoms with van der Waals surface area (Å²) >= 11 is 0. The van der Waals surface area contributed by atoms with Gasteiger partial charge in [0.05, 0.1) is 6.54 Å². The lowest BCUT2D eigenvalue weighted by atomic mass is 10.1. The molecule has 7 heteroatoms. The molecule has 2 aliphatic heterocycles. The number of aromatic nitrogens is 3. The molecule has 162 valence electrons.